The molecule has 166 valence electrons. The second kappa shape index (κ2) is 10.0. The van der Waals surface area contributed by atoms with Crippen LogP contribution in [0.3, 0.4) is 0 Å². The average molecular weight is 435 g/mol. The Morgan fingerprint density at radius 2 is 1.84 bits per heavy atom. The Labute approximate surface area is 185 Å². The van der Waals surface area contributed by atoms with Gasteiger partial charge in [0.2, 0.25) is 5.91 Å². The van der Waals surface area contributed by atoms with Crippen LogP contribution in [0.4, 0.5) is 0 Å². The van der Waals surface area contributed by atoms with Gasteiger partial charge in [-0.2, -0.15) is 0 Å². The van der Waals surface area contributed by atoms with E-state index in [1.54, 1.807) is 18.2 Å². The Bertz CT molecular complexity index is 1180. The van der Waals surface area contributed by atoms with Gasteiger partial charge in [-0.3, -0.25) is 14.6 Å². The van der Waals surface area contributed by atoms with Crippen LogP contribution in [0.1, 0.15) is 45.6 Å². The molecular formula is C24H25N3O5. The van der Waals surface area contributed by atoms with Gasteiger partial charge in [-0.25, -0.2) is 4.79 Å². The molecular weight excluding hydrogens is 410 g/mol. The third-order valence-electron chi connectivity index (χ3n) is 5.17. The Hall–Kier alpha value is -3.78. The number of benzene rings is 2. The maximum absolute atomic E-state index is 12.6. The van der Waals surface area contributed by atoms with Gasteiger partial charge >= 0.3 is 5.97 Å². The summed E-state index contributed by atoms with van der Waals surface area (Å²) in [4.78, 5) is 39.6. The Balaban J connectivity index is 1.84. The van der Waals surface area contributed by atoms with Crippen molar-refractivity contribution in [1.82, 2.24) is 10.3 Å². The predicted octanol–water partition coefficient (Wildman–Crippen LogP) is 2.07. The van der Waals surface area contributed by atoms with Crippen LogP contribution in [0.2, 0.25) is 0 Å². The first-order chi connectivity index (χ1) is 15.3. The monoisotopic (exact) mass is 435 g/mol. The fourth-order valence-electron chi connectivity index (χ4n) is 3.62. The first-order valence-corrected chi connectivity index (χ1v) is 10.2. The minimum atomic E-state index is -1.23. The molecule has 0 saturated heterocycles. The summed E-state index contributed by atoms with van der Waals surface area (Å²) in [5, 5.41) is 22.3. The fourth-order valence-corrected chi connectivity index (χ4v) is 3.62. The van der Waals surface area contributed by atoms with E-state index in [0.29, 0.717) is 12.0 Å². The summed E-state index contributed by atoms with van der Waals surface area (Å²) in [5.41, 5.74) is 9.59. The van der Waals surface area contributed by atoms with Crippen molar-refractivity contribution in [2.24, 2.45) is 5.73 Å². The lowest BCUT2D eigenvalue weighted by atomic mass is 9.98. The van der Waals surface area contributed by atoms with Crippen molar-refractivity contribution in [2.75, 3.05) is 0 Å². The number of rotatable bonds is 9. The standard InChI is InChI=1S/C24H25N3O5/c1-14-10-18(13-28)19-7-3-5-16(22(19)26-14)11-15-4-2-6-17(12-15)23(30)27-20(24(31)32)8-9-21(25)29/h2-7,10,12,20,28H,8-9,11,13H2,1H3,(H2,25,29)(H,27,30)(H,31,32)/t20-/m0/s1. The number of aliphatic carboxylic acids is 1. The van der Waals surface area contributed by atoms with Crippen LogP contribution < -0.4 is 11.1 Å². The lowest BCUT2D eigenvalue weighted by Crippen LogP contribution is -2.41. The molecule has 1 atom stereocenters. The number of aromatic nitrogens is 1. The van der Waals surface area contributed by atoms with Crippen LogP contribution in [0.25, 0.3) is 10.9 Å². The zero-order chi connectivity index (χ0) is 23.3. The van der Waals surface area contributed by atoms with E-state index in [0.717, 1.165) is 33.3 Å². The van der Waals surface area contributed by atoms with Crippen molar-refractivity contribution in [2.45, 2.75) is 38.8 Å². The lowest BCUT2D eigenvalue weighted by Gasteiger charge is -2.14. The number of nitrogens with two attached hydrogens (primary N) is 1. The van der Waals surface area contributed by atoms with Crippen LogP contribution >= 0.6 is 0 Å². The molecule has 8 heteroatoms. The van der Waals surface area contributed by atoms with Crippen molar-refractivity contribution >= 4 is 28.7 Å². The van der Waals surface area contributed by atoms with Gasteiger partial charge in [0.1, 0.15) is 6.04 Å². The number of aliphatic hydroxyl groups excluding tert-OH is 1. The molecule has 3 rings (SSSR count). The molecule has 8 nitrogen and oxygen atoms in total. The summed E-state index contributed by atoms with van der Waals surface area (Å²) < 4.78 is 0. The van der Waals surface area contributed by atoms with Gasteiger partial charge in [0.25, 0.3) is 5.91 Å². The van der Waals surface area contributed by atoms with E-state index in [1.165, 1.54) is 0 Å². The second-order valence-electron chi connectivity index (χ2n) is 7.64. The minimum absolute atomic E-state index is 0.0791. The highest BCUT2D eigenvalue weighted by atomic mass is 16.4. The van der Waals surface area contributed by atoms with E-state index >= 15 is 0 Å². The van der Waals surface area contributed by atoms with E-state index in [1.807, 2.05) is 37.3 Å². The predicted molar refractivity (Wildman–Crippen MR) is 119 cm³/mol. The highest BCUT2D eigenvalue weighted by Crippen LogP contribution is 2.24. The van der Waals surface area contributed by atoms with Crippen LogP contribution in [0, 0.1) is 6.92 Å². The molecule has 0 fully saturated rings. The molecule has 3 aromatic rings. The molecule has 0 spiro atoms. The summed E-state index contributed by atoms with van der Waals surface area (Å²) in [6.07, 6.45) is 0.286. The number of para-hydroxylation sites is 1. The average Bonchev–Trinajstić information content (AvgIpc) is 2.76. The molecule has 2 amide bonds. The molecule has 0 aliphatic heterocycles. The number of nitrogens with one attached hydrogen (secondary N) is 1. The van der Waals surface area contributed by atoms with Crippen molar-refractivity contribution in [1.29, 1.82) is 0 Å². The molecule has 2 aromatic carbocycles. The van der Waals surface area contributed by atoms with Crippen LogP contribution in [0.15, 0.2) is 48.5 Å². The summed E-state index contributed by atoms with van der Waals surface area (Å²) in [7, 11) is 0. The van der Waals surface area contributed by atoms with Crippen molar-refractivity contribution in [3.63, 3.8) is 0 Å². The van der Waals surface area contributed by atoms with Gasteiger partial charge < -0.3 is 21.3 Å². The summed E-state index contributed by atoms with van der Waals surface area (Å²) >= 11 is 0. The first-order valence-electron chi connectivity index (χ1n) is 10.2. The first kappa shape index (κ1) is 22.9. The van der Waals surface area contributed by atoms with Gasteiger partial charge in [0.05, 0.1) is 12.1 Å². The molecule has 0 bridgehead atoms. The largest absolute Gasteiger partial charge is 0.480 e. The number of primary amides is 1. The van der Waals surface area contributed by atoms with Gasteiger partial charge in [-0.15, -0.1) is 0 Å². The van der Waals surface area contributed by atoms with Crippen LogP contribution in [-0.2, 0) is 22.6 Å². The Morgan fingerprint density at radius 3 is 2.53 bits per heavy atom. The highest BCUT2D eigenvalue weighted by Gasteiger charge is 2.21. The number of carboxylic acid groups (broad SMARTS) is 1. The minimum Gasteiger partial charge on any atom is -0.480 e. The molecule has 32 heavy (non-hydrogen) atoms. The van der Waals surface area contributed by atoms with Crippen LogP contribution in [0.5, 0.6) is 0 Å². The maximum atomic E-state index is 12.6. The lowest BCUT2D eigenvalue weighted by molar-refractivity contribution is -0.139. The second-order valence-corrected chi connectivity index (χ2v) is 7.64. The number of hydrogen-bond acceptors (Lipinski definition) is 5. The summed E-state index contributed by atoms with van der Waals surface area (Å²) in [5.74, 6) is -2.40. The number of aliphatic hydroxyl groups is 1. The van der Waals surface area contributed by atoms with E-state index < -0.39 is 23.8 Å². The molecule has 0 aliphatic carbocycles. The normalized spacial score (nSPS) is 11.8. The molecule has 1 aromatic heterocycles. The smallest absolute Gasteiger partial charge is 0.326 e. The molecule has 0 unspecified atom stereocenters. The number of carbonyl (C=O) groups is 3. The highest BCUT2D eigenvalue weighted by molar-refractivity contribution is 5.97. The number of aryl methyl sites for hydroxylation is 1. The molecule has 1 heterocycles. The maximum Gasteiger partial charge on any atom is 0.326 e. The summed E-state index contributed by atoms with van der Waals surface area (Å²) in [6, 6.07) is 13.3. The van der Waals surface area contributed by atoms with Crippen LogP contribution in [-0.4, -0.2) is 39.0 Å². The summed E-state index contributed by atoms with van der Waals surface area (Å²) in [6.45, 7) is 1.79. The number of carboxylic acids is 1. The molecule has 0 radical (unpaired) electrons. The van der Waals surface area contributed by atoms with E-state index in [9.17, 15) is 24.6 Å². The zero-order valence-corrected chi connectivity index (χ0v) is 17.7. The third kappa shape index (κ3) is 5.47. The number of pyridine rings is 1. The number of fused-ring (bicyclic) bond motifs is 1. The number of amides is 2. The van der Waals surface area contributed by atoms with Crippen molar-refractivity contribution < 1.29 is 24.6 Å². The SMILES string of the molecule is Cc1cc(CO)c2cccc(Cc3cccc(C(=O)N[C@@H](CCC(N)=O)C(=O)O)c3)c2n1. The van der Waals surface area contributed by atoms with E-state index in [-0.39, 0.29) is 19.4 Å². The number of nitrogens with zero attached hydrogens (tertiary/aromatic N) is 1. The van der Waals surface area contributed by atoms with Gasteiger partial charge in [0, 0.05) is 23.1 Å². The Morgan fingerprint density at radius 1 is 1.09 bits per heavy atom. The zero-order valence-electron chi connectivity index (χ0n) is 17.7. The van der Waals surface area contributed by atoms with E-state index in [2.05, 4.69) is 10.3 Å². The molecule has 0 aliphatic rings. The molecule has 5 N–H and O–H groups in total. The van der Waals surface area contributed by atoms with Gasteiger partial charge in [0.15, 0.2) is 0 Å². The molecule has 0 saturated carbocycles. The van der Waals surface area contributed by atoms with Crippen molar-refractivity contribution in [3.05, 3.63) is 76.5 Å². The number of hydrogen-bond donors (Lipinski definition) is 4. The van der Waals surface area contributed by atoms with E-state index in [4.69, 9.17) is 5.73 Å². The quantitative estimate of drug-likeness (QED) is 0.405. The third-order valence-corrected chi connectivity index (χ3v) is 5.17. The Kier molecular flexibility index (Phi) is 7.17. The van der Waals surface area contributed by atoms with Crippen molar-refractivity contribution in [3.8, 4) is 0 Å². The van der Waals surface area contributed by atoms with Gasteiger partial charge in [-0.05, 0) is 54.7 Å². The van der Waals surface area contributed by atoms with Gasteiger partial charge in [-0.1, -0.05) is 30.3 Å². The fraction of sp³-hybridized carbons (Fsp3) is 0.250. The topological polar surface area (TPSA) is 143 Å². The number of carbonyl (C=O) groups excluding carboxylic acids is 2.